The van der Waals surface area contributed by atoms with Crippen molar-refractivity contribution in [3.63, 3.8) is 0 Å². The van der Waals surface area contributed by atoms with Gasteiger partial charge in [0.1, 0.15) is 5.82 Å². The standard InChI is InChI=1S/C15H18N4O2/c1-11-12(3-2-4-14(11)19(20)21)10-18-8-7-16-15(18)9-17-13-5-6-13/h2-4,7-8,13,17H,5-6,9-10H2,1H3. The molecule has 1 aromatic carbocycles. The number of nitro benzene ring substituents is 1. The van der Waals surface area contributed by atoms with E-state index in [0.717, 1.165) is 23.5 Å². The third-order valence-corrected chi connectivity index (χ3v) is 3.88. The molecule has 1 aromatic heterocycles. The summed E-state index contributed by atoms with van der Waals surface area (Å²) in [5, 5.41) is 14.4. The highest BCUT2D eigenvalue weighted by atomic mass is 16.6. The van der Waals surface area contributed by atoms with Gasteiger partial charge in [0, 0.05) is 36.6 Å². The van der Waals surface area contributed by atoms with E-state index < -0.39 is 0 Å². The Labute approximate surface area is 123 Å². The lowest BCUT2D eigenvalue weighted by atomic mass is 10.1. The second kappa shape index (κ2) is 5.65. The Morgan fingerprint density at radius 2 is 2.29 bits per heavy atom. The molecule has 0 bridgehead atoms. The maximum absolute atomic E-state index is 11.0. The highest BCUT2D eigenvalue weighted by molar-refractivity contribution is 5.44. The summed E-state index contributed by atoms with van der Waals surface area (Å²) < 4.78 is 2.04. The third-order valence-electron chi connectivity index (χ3n) is 3.88. The van der Waals surface area contributed by atoms with Crippen LogP contribution in [0, 0.1) is 17.0 Å². The van der Waals surface area contributed by atoms with Crippen molar-refractivity contribution >= 4 is 5.69 Å². The number of aromatic nitrogens is 2. The van der Waals surface area contributed by atoms with Gasteiger partial charge >= 0.3 is 0 Å². The Bertz CT molecular complexity index is 661. The molecule has 0 aliphatic heterocycles. The first-order valence-corrected chi connectivity index (χ1v) is 7.11. The van der Waals surface area contributed by atoms with Crippen LogP contribution in [0.4, 0.5) is 5.69 Å². The van der Waals surface area contributed by atoms with E-state index in [1.165, 1.54) is 12.8 Å². The molecule has 1 heterocycles. The van der Waals surface area contributed by atoms with E-state index in [2.05, 4.69) is 10.3 Å². The van der Waals surface area contributed by atoms with Crippen LogP contribution in [0.25, 0.3) is 0 Å². The van der Waals surface area contributed by atoms with Gasteiger partial charge in [0.2, 0.25) is 0 Å². The fraction of sp³-hybridized carbons (Fsp3) is 0.400. The van der Waals surface area contributed by atoms with Gasteiger partial charge in [-0.05, 0) is 25.3 Å². The Balaban J connectivity index is 1.78. The minimum atomic E-state index is -0.331. The van der Waals surface area contributed by atoms with E-state index in [0.29, 0.717) is 12.6 Å². The molecular weight excluding hydrogens is 268 g/mol. The summed E-state index contributed by atoms with van der Waals surface area (Å²) in [6.07, 6.45) is 6.17. The molecule has 1 aliphatic carbocycles. The van der Waals surface area contributed by atoms with Crippen molar-refractivity contribution in [2.45, 2.75) is 38.9 Å². The summed E-state index contributed by atoms with van der Waals surface area (Å²) in [6, 6.07) is 5.84. The topological polar surface area (TPSA) is 73.0 Å². The zero-order chi connectivity index (χ0) is 14.8. The van der Waals surface area contributed by atoms with E-state index in [9.17, 15) is 10.1 Å². The van der Waals surface area contributed by atoms with E-state index in [1.54, 1.807) is 25.3 Å². The normalized spacial score (nSPS) is 14.3. The number of benzene rings is 1. The number of nitro groups is 1. The smallest absolute Gasteiger partial charge is 0.272 e. The average Bonchev–Trinajstić information content (AvgIpc) is 3.18. The lowest BCUT2D eigenvalue weighted by Gasteiger charge is -2.11. The first kappa shape index (κ1) is 13.8. The number of nitrogens with zero attached hydrogens (tertiary/aromatic N) is 3. The molecule has 2 aromatic rings. The molecule has 0 atom stereocenters. The van der Waals surface area contributed by atoms with Crippen molar-refractivity contribution in [2.75, 3.05) is 0 Å². The monoisotopic (exact) mass is 286 g/mol. The maximum atomic E-state index is 11.0. The van der Waals surface area contributed by atoms with Crippen LogP contribution in [-0.2, 0) is 13.1 Å². The van der Waals surface area contributed by atoms with E-state index >= 15 is 0 Å². The Kier molecular flexibility index (Phi) is 3.70. The van der Waals surface area contributed by atoms with Gasteiger partial charge in [-0.15, -0.1) is 0 Å². The maximum Gasteiger partial charge on any atom is 0.272 e. The quantitative estimate of drug-likeness (QED) is 0.653. The summed E-state index contributed by atoms with van der Waals surface area (Å²) in [4.78, 5) is 15.0. The van der Waals surface area contributed by atoms with Crippen LogP contribution in [0.5, 0.6) is 0 Å². The van der Waals surface area contributed by atoms with Crippen molar-refractivity contribution in [2.24, 2.45) is 0 Å². The molecule has 6 heteroatoms. The zero-order valence-corrected chi connectivity index (χ0v) is 12.0. The molecule has 0 amide bonds. The fourth-order valence-electron chi connectivity index (χ4n) is 2.40. The number of rotatable bonds is 6. The highest BCUT2D eigenvalue weighted by Crippen LogP contribution is 2.22. The fourth-order valence-corrected chi connectivity index (χ4v) is 2.40. The van der Waals surface area contributed by atoms with E-state index in [-0.39, 0.29) is 10.6 Å². The molecule has 6 nitrogen and oxygen atoms in total. The first-order valence-electron chi connectivity index (χ1n) is 7.11. The van der Waals surface area contributed by atoms with Crippen LogP contribution < -0.4 is 5.32 Å². The largest absolute Gasteiger partial charge is 0.329 e. The molecule has 0 unspecified atom stereocenters. The van der Waals surface area contributed by atoms with Gasteiger partial charge in [0.05, 0.1) is 11.5 Å². The molecule has 21 heavy (non-hydrogen) atoms. The van der Waals surface area contributed by atoms with Gasteiger partial charge in [-0.2, -0.15) is 0 Å². The van der Waals surface area contributed by atoms with Crippen LogP contribution in [0.15, 0.2) is 30.6 Å². The van der Waals surface area contributed by atoms with Gasteiger partial charge in [-0.3, -0.25) is 10.1 Å². The average molecular weight is 286 g/mol. The minimum absolute atomic E-state index is 0.172. The van der Waals surface area contributed by atoms with Crippen LogP contribution in [0.1, 0.15) is 29.8 Å². The molecule has 0 radical (unpaired) electrons. The summed E-state index contributed by atoms with van der Waals surface area (Å²) >= 11 is 0. The van der Waals surface area contributed by atoms with Crippen LogP contribution in [0.3, 0.4) is 0 Å². The summed E-state index contributed by atoms with van der Waals surface area (Å²) in [6.45, 7) is 3.15. The highest BCUT2D eigenvalue weighted by Gasteiger charge is 2.21. The Morgan fingerprint density at radius 1 is 1.48 bits per heavy atom. The van der Waals surface area contributed by atoms with E-state index in [1.807, 2.05) is 16.8 Å². The molecule has 1 aliphatic rings. The number of nitrogens with one attached hydrogen (secondary N) is 1. The summed E-state index contributed by atoms with van der Waals surface area (Å²) in [5.74, 6) is 0.966. The molecule has 1 N–H and O–H groups in total. The molecule has 110 valence electrons. The Morgan fingerprint density at radius 3 is 3.00 bits per heavy atom. The molecule has 1 saturated carbocycles. The van der Waals surface area contributed by atoms with Crippen LogP contribution in [-0.4, -0.2) is 20.5 Å². The van der Waals surface area contributed by atoms with Gasteiger partial charge in [-0.25, -0.2) is 4.98 Å². The van der Waals surface area contributed by atoms with Gasteiger partial charge in [0.25, 0.3) is 5.69 Å². The lowest BCUT2D eigenvalue weighted by Crippen LogP contribution is -2.19. The summed E-state index contributed by atoms with van der Waals surface area (Å²) in [7, 11) is 0. The zero-order valence-electron chi connectivity index (χ0n) is 12.0. The van der Waals surface area contributed by atoms with Crippen LogP contribution >= 0.6 is 0 Å². The van der Waals surface area contributed by atoms with Crippen molar-refractivity contribution in [3.05, 3.63) is 57.7 Å². The third kappa shape index (κ3) is 3.11. The second-order valence-corrected chi connectivity index (χ2v) is 5.44. The lowest BCUT2D eigenvalue weighted by molar-refractivity contribution is -0.385. The number of hydrogen-bond acceptors (Lipinski definition) is 4. The van der Waals surface area contributed by atoms with Gasteiger partial charge in [0.15, 0.2) is 0 Å². The number of imidazole rings is 1. The van der Waals surface area contributed by atoms with Crippen LogP contribution in [0.2, 0.25) is 0 Å². The minimum Gasteiger partial charge on any atom is -0.329 e. The molecular formula is C15H18N4O2. The molecule has 0 spiro atoms. The SMILES string of the molecule is Cc1c(Cn2ccnc2CNC2CC2)cccc1[N+](=O)[O-]. The van der Waals surface area contributed by atoms with Crippen molar-refractivity contribution in [1.29, 1.82) is 0 Å². The summed E-state index contributed by atoms with van der Waals surface area (Å²) in [5.41, 5.74) is 1.84. The second-order valence-electron chi connectivity index (χ2n) is 5.44. The Hall–Kier alpha value is -2.21. The molecule has 3 rings (SSSR count). The van der Waals surface area contributed by atoms with Gasteiger partial charge in [-0.1, -0.05) is 12.1 Å². The first-order chi connectivity index (χ1) is 10.1. The van der Waals surface area contributed by atoms with Gasteiger partial charge < -0.3 is 9.88 Å². The predicted molar refractivity (Wildman–Crippen MR) is 79.0 cm³/mol. The molecule has 0 saturated heterocycles. The van der Waals surface area contributed by atoms with E-state index in [4.69, 9.17) is 0 Å². The van der Waals surface area contributed by atoms with Crippen molar-refractivity contribution in [3.8, 4) is 0 Å². The van der Waals surface area contributed by atoms with Crippen molar-refractivity contribution in [1.82, 2.24) is 14.9 Å². The van der Waals surface area contributed by atoms with Crippen molar-refractivity contribution < 1.29 is 4.92 Å². The number of hydrogen-bond donors (Lipinski definition) is 1. The molecule has 1 fully saturated rings. The predicted octanol–water partition coefficient (Wildman–Crippen LogP) is 2.40.